The van der Waals surface area contributed by atoms with Gasteiger partial charge in [-0.25, -0.2) is 4.79 Å². The zero-order chi connectivity index (χ0) is 14.9. The van der Waals surface area contributed by atoms with Crippen molar-refractivity contribution in [2.24, 2.45) is 0 Å². The molecule has 0 bridgehead atoms. The standard InChI is InChI=1S/C14H23N3O3/c1-9-15-12(20-16-9)10-6-7-11(8-10)17(5)13(18)19-14(2,3)4/h10-11H,6-8H2,1-5H3. The van der Waals surface area contributed by atoms with Crippen LogP contribution in [-0.2, 0) is 4.74 Å². The number of carbonyl (C=O) groups is 1. The van der Waals surface area contributed by atoms with Crippen molar-refractivity contribution in [2.45, 2.75) is 64.5 Å². The Morgan fingerprint density at radius 1 is 1.40 bits per heavy atom. The Balaban J connectivity index is 1.93. The number of amides is 1. The normalized spacial score (nSPS) is 22.9. The smallest absolute Gasteiger partial charge is 0.410 e. The number of rotatable bonds is 2. The minimum atomic E-state index is -0.465. The van der Waals surface area contributed by atoms with E-state index in [1.54, 1.807) is 11.9 Å². The van der Waals surface area contributed by atoms with E-state index in [4.69, 9.17) is 9.26 Å². The van der Waals surface area contributed by atoms with Gasteiger partial charge in [-0.05, 0) is 47.0 Å². The summed E-state index contributed by atoms with van der Waals surface area (Å²) in [6.45, 7) is 7.43. The first kappa shape index (κ1) is 14.8. The molecular formula is C14H23N3O3. The minimum Gasteiger partial charge on any atom is -0.444 e. The highest BCUT2D eigenvalue weighted by molar-refractivity contribution is 5.68. The number of nitrogens with zero attached hydrogens (tertiary/aromatic N) is 3. The van der Waals surface area contributed by atoms with Crippen LogP contribution in [0.3, 0.4) is 0 Å². The molecule has 1 amide bonds. The van der Waals surface area contributed by atoms with E-state index >= 15 is 0 Å². The lowest BCUT2D eigenvalue weighted by molar-refractivity contribution is 0.0225. The number of hydrogen-bond donors (Lipinski definition) is 0. The number of aromatic nitrogens is 2. The van der Waals surface area contributed by atoms with E-state index < -0.39 is 5.60 Å². The summed E-state index contributed by atoms with van der Waals surface area (Å²) >= 11 is 0. The fraction of sp³-hybridized carbons (Fsp3) is 0.786. The lowest BCUT2D eigenvalue weighted by Crippen LogP contribution is -2.39. The Labute approximate surface area is 119 Å². The highest BCUT2D eigenvalue weighted by atomic mass is 16.6. The first-order valence-corrected chi connectivity index (χ1v) is 7.02. The molecule has 2 unspecified atom stereocenters. The van der Waals surface area contributed by atoms with Gasteiger partial charge in [-0.3, -0.25) is 0 Å². The molecule has 112 valence electrons. The molecule has 1 aliphatic carbocycles. The quantitative estimate of drug-likeness (QED) is 0.833. The molecule has 20 heavy (non-hydrogen) atoms. The van der Waals surface area contributed by atoms with Gasteiger partial charge in [-0.2, -0.15) is 4.98 Å². The van der Waals surface area contributed by atoms with E-state index in [0.29, 0.717) is 11.7 Å². The van der Waals surface area contributed by atoms with Gasteiger partial charge in [0, 0.05) is 19.0 Å². The van der Waals surface area contributed by atoms with Crippen LogP contribution in [-0.4, -0.2) is 39.8 Å². The predicted octanol–water partition coefficient (Wildman–Crippen LogP) is 2.88. The van der Waals surface area contributed by atoms with Crippen molar-refractivity contribution in [3.05, 3.63) is 11.7 Å². The summed E-state index contributed by atoms with van der Waals surface area (Å²) in [5, 5.41) is 3.82. The largest absolute Gasteiger partial charge is 0.444 e. The van der Waals surface area contributed by atoms with Crippen LogP contribution in [0.15, 0.2) is 4.52 Å². The fourth-order valence-corrected chi connectivity index (χ4v) is 2.50. The average Bonchev–Trinajstić information content (AvgIpc) is 2.93. The van der Waals surface area contributed by atoms with E-state index in [-0.39, 0.29) is 18.1 Å². The summed E-state index contributed by atoms with van der Waals surface area (Å²) in [6.07, 6.45) is 2.46. The molecule has 0 saturated heterocycles. The second kappa shape index (κ2) is 5.42. The Kier molecular flexibility index (Phi) is 4.01. The Morgan fingerprint density at radius 2 is 2.10 bits per heavy atom. The topological polar surface area (TPSA) is 68.5 Å². The van der Waals surface area contributed by atoms with Gasteiger partial charge in [0.25, 0.3) is 0 Å². The molecule has 1 aliphatic rings. The van der Waals surface area contributed by atoms with Crippen molar-refractivity contribution < 1.29 is 14.1 Å². The van der Waals surface area contributed by atoms with E-state index in [1.807, 2.05) is 27.7 Å². The van der Waals surface area contributed by atoms with Gasteiger partial charge in [0.15, 0.2) is 5.82 Å². The highest BCUT2D eigenvalue weighted by Crippen LogP contribution is 2.36. The van der Waals surface area contributed by atoms with Crippen molar-refractivity contribution >= 4 is 6.09 Å². The molecule has 0 radical (unpaired) electrons. The summed E-state index contributed by atoms with van der Waals surface area (Å²) in [7, 11) is 1.79. The average molecular weight is 281 g/mol. The summed E-state index contributed by atoms with van der Waals surface area (Å²) in [5.74, 6) is 1.58. The van der Waals surface area contributed by atoms with E-state index in [9.17, 15) is 4.79 Å². The number of aryl methyl sites for hydroxylation is 1. The predicted molar refractivity (Wildman–Crippen MR) is 73.4 cm³/mol. The zero-order valence-electron chi connectivity index (χ0n) is 12.8. The van der Waals surface area contributed by atoms with Crippen LogP contribution in [0.25, 0.3) is 0 Å². The van der Waals surface area contributed by atoms with Crippen LogP contribution in [0.4, 0.5) is 4.79 Å². The summed E-state index contributed by atoms with van der Waals surface area (Å²) in [4.78, 5) is 18.0. The van der Waals surface area contributed by atoms with Crippen LogP contribution >= 0.6 is 0 Å². The maximum absolute atomic E-state index is 12.0. The number of hydrogen-bond acceptors (Lipinski definition) is 5. The lowest BCUT2D eigenvalue weighted by Gasteiger charge is -2.28. The third-order valence-electron chi connectivity index (χ3n) is 3.53. The highest BCUT2D eigenvalue weighted by Gasteiger charge is 2.35. The monoisotopic (exact) mass is 281 g/mol. The maximum atomic E-state index is 12.0. The van der Waals surface area contributed by atoms with Crippen molar-refractivity contribution in [1.82, 2.24) is 15.0 Å². The molecule has 1 heterocycles. The molecule has 1 aromatic heterocycles. The van der Waals surface area contributed by atoms with Crippen LogP contribution in [0.2, 0.25) is 0 Å². The lowest BCUT2D eigenvalue weighted by atomic mass is 10.1. The second-order valence-corrected chi connectivity index (χ2v) is 6.43. The minimum absolute atomic E-state index is 0.169. The van der Waals surface area contributed by atoms with E-state index in [2.05, 4.69) is 10.1 Å². The summed E-state index contributed by atoms with van der Waals surface area (Å²) in [5.41, 5.74) is -0.465. The van der Waals surface area contributed by atoms with Crippen LogP contribution in [0.5, 0.6) is 0 Å². The van der Waals surface area contributed by atoms with Crippen molar-refractivity contribution in [3.8, 4) is 0 Å². The molecule has 0 N–H and O–H groups in total. The molecule has 1 fully saturated rings. The molecule has 0 aromatic carbocycles. The number of ether oxygens (including phenoxy) is 1. The van der Waals surface area contributed by atoms with Crippen LogP contribution in [0.1, 0.15) is 57.7 Å². The van der Waals surface area contributed by atoms with E-state index in [0.717, 1.165) is 19.3 Å². The van der Waals surface area contributed by atoms with Gasteiger partial charge in [-0.15, -0.1) is 0 Å². The Morgan fingerprint density at radius 3 is 2.65 bits per heavy atom. The number of carbonyl (C=O) groups excluding carboxylic acids is 1. The third-order valence-corrected chi connectivity index (χ3v) is 3.53. The molecule has 6 heteroatoms. The fourth-order valence-electron chi connectivity index (χ4n) is 2.50. The van der Waals surface area contributed by atoms with Gasteiger partial charge in [0.2, 0.25) is 5.89 Å². The molecule has 1 aromatic rings. The molecule has 1 saturated carbocycles. The Hall–Kier alpha value is -1.59. The van der Waals surface area contributed by atoms with Crippen molar-refractivity contribution in [2.75, 3.05) is 7.05 Å². The first-order valence-electron chi connectivity index (χ1n) is 7.02. The van der Waals surface area contributed by atoms with Gasteiger partial charge < -0.3 is 14.2 Å². The molecule has 0 aliphatic heterocycles. The van der Waals surface area contributed by atoms with Gasteiger partial charge in [0.1, 0.15) is 5.60 Å². The zero-order valence-corrected chi connectivity index (χ0v) is 12.8. The second-order valence-electron chi connectivity index (χ2n) is 6.43. The third kappa shape index (κ3) is 3.49. The van der Waals surface area contributed by atoms with Gasteiger partial charge >= 0.3 is 6.09 Å². The van der Waals surface area contributed by atoms with Crippen LogP contribution < -0.4 is 0 Å². The van der Waals surface area contributed by atoms with Crippen molar-refractivity contribution in [1.29, 1.82) is 0 Å². The van der Waals surface area contributed by atoms with E-state index in [1.165, 1.54) is 0 Å². The maximum Gasteiger partial charge on any atom is 0.410 e. The molecular weight excluding hydrogens is 258 g/mol. The molecule has 6 nitrogen and oxygen atoms in total. The molecule has 0 spiro atoms. The van der Waals surface area contributed by atoms with Crippen molar-refractivity contribution in [3.63, 3.8) is 0 Å². The molecule has 2 atom stereocenters. The van der Waals surface area contributed by atoms with Crippen LogP contribution in [0, 0.1) is 6.92 Å². The summed E-state index contributed by atoms with van der Waals surface area (Å²) in [6, 6.07) is 0.169. The Bertz CT molecular complexity index is 478. The molecule has 2 rings (SSSR count). The van der Waals surface area contributed by atoms with Gasteiger partial charge in [0.05, 0.1) is 0 Å². The summed E-state index contributed by atoms with van der Waals surface area (Å²) < 4.78 is 10.6. The first-order chi connectivity index (χ1) is 9.26. The van der Waals surface area contributed by atoms with Gasteiger partial charge in [-0.1, -0.05) is 5.16 Å². The SMILES string of the molecule is Cc1noc(C2CCC(N(C)C(=O)OC(C)(C)C)C2)n1.